The van der Waals surface area contributed by atoms with Crippen molar-refractivity contribution in [3.8, 4) is 5.75 Å². The summed E-state index contributed by atoms with van der Waals surface area (Å²) < 4.78 is 5.48. The third kappa shape index (κ3) is 4.34. The van der Waals surface area contributed by atoms with E-state index in [-0.39, 0.29) is 12.5 Å². The number of benzene rings is 2. The first kappa shape index (κ1) is 15.6. The van der Waals surface area contributed by atoms with Crippen LogP contribution in [0.4, 0.5) is 5.69 Å². The van der Waals surface area contributed by atoms with Gasteiger partial charge in [0.15, 0.2) is 6.61 Å². The van der Waals surface area contributed by atoms with Crippen molar-refractivity contribution in [2.24, 2.45) is 5.73 Å². The fraction of sp³-hybridized carbons (Fsp3) is 0.176. The van der Waals surface area contributed by atoms with E-state index in [4.69, 9.17) is 10.5 Å². The Morgan fingerprint density at radius 3 is 2.18 bits per heavy atom. The van der Waals surface area contributed by atoms with Crippen molar-refractivity contribution >= 4 is 17.5 Å². The van der Waals surface area contributed by atoms with Gasteiger partial charge < -0.3 is 15.8 Å². The molecule has 0 atom stereocenters. The minimum atomic E-state index is -0.504. The number of rotatable bonds is 5. The molecule has 0 spiro atoms. The van der Waals surface area contributed by atoms with Gasteiger partial charge in [0.25, 0.3) is 5.91 Å². The molecule has 0 saturated carbocycles. The van der Waals surface area contributed by atoms with Gasteiger partial charge in [0.05, 0.1) is 0 Å². The minimum Gasteiger partial charge on any atom is -0.484 e. The Morgan fingerprint density at radius 2 is 1.64 bits per heavy atom. The lowest BCUT2D eigenvalue weighted by atomic mass is 10.1. The number of aryl methyl sites for hydroxylation is 2. The maximum Gasteiger partial charge on any atom is 0.262 e. The van der Waals surface area contributed by atoms with Crippen LogP contribution in [-0.4, -0.2) is 18.4 Å². The van der Waals surface area contributed by atoms with Crippen molar-refractivity contribution in [3.63, 3.8) is 0 Å². The standard InChI is InChI=1S/C17H18N2O3/c1-11-7-12(2)9-15(8-11)22-10-16(20)19-14-5-3-13(4-6-14)17(18)21/h3-9H,10H2,1-2H3,(H2,18,21)(H,19,20). The Labute approximate surface area is 129 Å². The van der Waals surface area contributed by atoms with Crippen LogP contribution in [0.25, 0.3) is 0 Å². The highest BCUT2D eigenvalue weighted by Gasteiger charge is 2.06. The molecule has 22 heavy (non-hydrogen) atoms. The second kappa shape index (κ2) is 6.76. The molecule has 0 aliphatic carbocycles. The van der Waals surface area contributed by atoms with Gasteiger partial charge in [0.1, 0.15) is 5.75 Å². The predicted molar refractivity (Wildman–Crippen MR) is 85.0 cm³/mol. The molecule has 2 rings (SSSR count). The summed E-state index contributed by atoms with van der Waals surface area (Å²) in [5.74, 6) is -0.112. The monoisotopic (exact) mass is 298 g/mol. The highest BCUT2D eigenvalue weighted by Crippen LogP contribution is 2.16. The molecule has 5 heteroatoms. The fourth-order valence-corrected chi connectivity index (χ4v) is 2.08. The van der Waals surface area contributed by atoms with Crippen LogP contribution in [0.5, 0.6) is 5.75 Å². The average molecular weight is 298 g/mol. The number of nitrogens with two attached hydrogens (primary N) is 1. The lowest BCUT2D eigenvalue weighted by Crippen LogP contribution is -2.20. The molecule has 0 heterocycles. The van der Waals surface area contributed by atoms with Crippen molar-refractivity contribution in [1.82, 2.24) is 0 Å². The SMILES string of the molecule is Cc1cc(C)cc(OCC(=O)Nc2ccc(C(N)=O)cc2)c1. The maximum atomic E-state index is 11.8. The van der Waals surface area contributed by atoms with Crippen LogP contribution in [0.1, 0.15) is 21.5 Å². The average Bonchev–Trinajstić information content (AvgIpc) is 2.45. The van der Waals surface area contributed by atoms with E-state index in [1.807, 2.05) is 32.0 Å². The van der Waals surface area contributed by atoms with Gasteiger partial charge in [0.2, 0.25) is 5.91 Å². The van der Waals surface area contributed by atoms with Gasteiger partial charge in [-0.15, -0.1) is 0 Å². The van der Waals surface area contributed by atoms with Crippen molar-refractivity contribution in [1.29, 1.82) is 0 Å². The van der Waals surface area contributed by atoms with Crippen LogP contribution in [-0.2, 0) is 4.79 Å². The molecule has 0 aliphatic rings. The molecule has 5 nitrogen and oxygen atoms in total. The zero-order valence-corrected chi connectivity index (χ0v) is 12.6. The first-order valence-corrected chi connectivity index (χ1v) is 6.85. The smallest absolute Gasteiger partial charge is 0.262 e. The number of ether oxygens (including phenoxy) is 1. The zero-order valence-electron chi connectivity index (χ0n) is 12.6. The Morgan fingerprint density at radius 1 is 1.05 bits per heavy atom. The van der Waals surface area contributed by atoms with Crippen LogP contribution in [0.15, 0.2) is 42.5 Å². The third-order valence-corrected chi connectivity index (χ3v) is 3.02. The summed E-state index contributed by atoms with van der Waals surface area (Å²) >= 11 is 0. The van der Waals surface area contributed by atoms with Gasteiger partial charge in [-0.1, -0.05) is 6.07 Å². The van der Waals surface area contributed by atoms with Crippen molar-refractivity contribution in [2.45, 2.75) is 13.8 Å². The van der Waals surface area contributed by atoms with Gasteiger partial charge in [0, 0.05) is 11.3 Å². The van der Waals surface area contributed by atoms with E-state index in [1.54, 1.807) is 24.3 Å². The topological polar surface area (TPSA) is 81.4 Å². The van der Waals surface area contributed by atoms with Crippen LogP contribution in [0.2, 0.25) is 0 Å². The van der Waals surface area contributed by atoms with Gasteiger partial charge in [-0.3, -0.25) is 9.59 Å². The van der Waals surface area contributed by atoms with E-state index < -0.39 is 5.91 Å². The molecule has 0 fully saturated rings. The van der Waals surface area contributed by atoms with Crippen LogP contribution in [0.3, 0.4) is 0 Å². The van der Waals surface area contributed by atoms with Crippen LogP contribution in [0, 0.1) is 13.8 Å². The summed E-state index contributed by atoms with van der Waals surface area (Å²) in [7, 11) is 0. The summed E-state index contributed by atoms with van der Waals surface area (Å²) in [6.45, 7) is 3.86. The van der Waals surface area contributed by atoms with E-state index in [0.717, 1.165) is 11.1 Å². The van der Waals surface area contributed by atoms with Crippen molar-refractivity contribution < 1.29 is 14.3 Å². The normalized spacial score (nSPS) is 10.1. The molecule has 2 aromatic rings. The quantitative estimate of drug-likeness (QED) is 0.889. The molecule has 0 saturated heterocycles. The van der Waals surface area contributed by atoms with Crippen LogP contribution < -0.4 is 15.8 Å². The van der Waals surface area contributed by atoms with Gasteiger partial charge in [-0.25, -0.2) is 0 Å². The Balaban J connectivity index is 1.91. The van der Waals surface area contributed by atoms with Gasteiger partial charge in [-0.05, 0) is 61.4 Å². The molecule has 114 valence electrons. The first-order chi connectivity index (χ1) is 10.4. The van der Waals surface area contributed by atoms with E-state index in [9.17, 15) is 9.59 Å². The number of nitrogens with one attached hydrogen (secondary N) is 1. The molecule has 0 unspecified atom stereocenters. The number of primary amides is 1. The van der Waals surface area contributed by atoms with E-state index in [2.05, 4.69) is 5.32 Å². The van der Waals surface area contributed by atoms with Crippen molar-refractivity contribution in [2.75, 3.05) is 11.9 Å². The van der Waals surface area contributed by atoms with Gasteiger partial charge in [-0.2, -0.15) is 0 Å². The second-order valence-electron chi connectivity index (χ2n) is 5.10. The van der Waals surface area contributed by atoms with Crippen LogP contribution >= 0.6 is 0 Å². The van der Waals surface area contributed by atoms with E-state index in [1.165, 1.54) is 0 Å². The molecule has 0 radical (unpaired) electrons. The number of carbonyl (C=O) groups excluding carboxylic acids is 2. The summed E-state index contributed by atoms with van der Waals surface area (Å²) in [5.41, 5.74) is 8.29. The lowest BCUT2D eigenvalue weighted by Gasteiger charge is -2.09. The lowest BCUT2D eigenvalue weighted by molar-refractivity contribution is -0.118. The number of carbonyl (C=O) groups is 2. The summed E-state index contributed by atoms with van der Waals surface area (Å²) in [6.07, 6.45) is 0. The summed E-state index contributed by atoms with van der Waals surface area (Å²) in [5, 5.41) is 2.69. The predicted octanol–water partition coefficient (Wildman–Crippen LogP) is 2.42. The molecule has 2 aromatic carbocycles. The third-order valence-electron chi connectivity index (χ3n) is 3.02. The second-order valence-corrected chi connectivity index (χ2v) is 5.10. The molecule has 2 amide bonds. The molecular formula is C17H18N2O3. The Bertz CT molecular complexity index is 673. The number of hydrogen-bond donors (Lipinski definition) is 2. The Kier molecular flexibility index (Phi) is 4.78. The van der Waals surface area contributed by atoms with E-state index in [0.29, 0.717) is 17.0 Å². The summed E-state index contributed by atoms with van der Waals surface area (Å²) in [6, 6.07) is 12.1. The molecule has 3 N–H and O–H groups in total. The first-order valence-electron chi connectivity index (χ1n) is 6.85. The fourth-order valence-electron chi connectivity index (χ4n) is 2.08. The Hall–Kier alpha value is -2.82. The van der Waals surface area contributed by atoms with E-state index >= 15 is 0 Å². The number of anilines is 1. The maximum absolute atomic E-state index is 11.8. The van der Waals surface area contributed by atoms with Gasteiger partial charge >= 0.3 is 0 Å². The number of amides is 2. The summed E-state index contributed by atoms with van der Waals surface area (Å²) in [4.78, 5) is 22.8. The highest BCUT2D eigenvalue weighted by molar-refractivity contribution is 5.95. The molecular weight excluding hydrogens is 280 g/mol. The molecule has 0 aromatic heterocycles. The highest BCUT2D eigenvalue weighted by atomic mass is 16.5. The molecule has 0 bridgehead atoms. The largest absolute Gasteiger partial charge is 0.484 e. The minimum absolute atomic E-state index is 0.0829. The number of hydrogen-bond acceptors (Lipinski definition) is 3. The molecule has 0 aliphatic heterocycles. The van der Waals surface area contributed by atoms with Crippen molar-refractivity contribution in [3.05, 3.63) is 59.2 Å². The zero-order chi connectivity index (χ0) is 16.1.